The van der Waals surface area contributed by atoms with E-state index in [0.717, 1.165) is 42.8 Å². The molecule has 0 saturated carbocycles. The van der Waals surface area contributed by atoms with E-state index >= 15 is 0 Å². The van der Waals surface area contributed by atoms with Gasteiger partial charge in [0.2, 0.25) is 0 Å². The van der Waals surface area contributed by atoms with E-state index in [9.17, 15) is 4.79 Å². The number of nitrogens with zero attached hydrogens (tertiary/aromatic N) is 2. The van der Waals surface area contributed by atoms with Gasteiger partial charge in [-0.05, 0) is 76.8 Å². The Balaban J connectivity index is 1.25. The Kier molecular flexibility index (Phi) is 8.44. The van der Waals surface area contributed by atoms with Crippen LogP contribution in [-0.2, 0) is 0 Å². The Morgan fingerprint density at radius 3 is 1.97 bits per heavy atom. The number of ketones is 1. The number of ether oxygens (including phenoxy) is 3. The maximum absolute atomic E-state index is 13.4. The van der Waals surface area contributed by atoms with E-state index in [1.165, 1.54) is 64.7 Å². The van der Waals surface area contributed by atoms with Crippen molar-refractivity contribution in [3.63, 3.8) is 0 Å². The topological polar surface area (TPSA) is 51.2 Å². The predicted octanol–water partition coefficient (Wildman–Crippen LogP) is 5.42. The number of carbonyl (C=O) groups excluding carboxylic acids is 1. The molecule has 6 nitrogen and oxygen atoms in total. The van der Waals surface area contributed by atoms with Crippen molar-refractivity contribution in [2.24, 2.45) is 0 Å². The number of carbonyl (C=O) groups is 1. The molecule has 0 aromatic heterocycles. The zero-order valence-corrected chi connectivity index (χ0v) is 21.7. The third-order valence-electron chi connectivity index (χ3n) is 7.72. The zero-order chi connectivity index (χ0) is 24.7. The first-order valence-electron chi connectivity index (χ1n) is 13.8. The second-order valence-corrected chi connectivity index (χ2v) is 10.3. The summed E-state index contributed by atoms with van der Waals surface area (Å²) in [5.74, 6) is 2.12. The van der Waals surface area contributed by atoms with Gasteiger partial charge >= 0.3 is 0 Å². The monoisotopic (exact) mass is 492 g/mol. The molecule has 3 aliphatic rings. The van der Waals surface area contributed by atoms with Crippen molar-refractivity contribution >= 4 is 5.78 Å². The molecule has 2 aliphatic heterocycles. The molecule has 6 heteroatoms. The molecule has 0 atom stereocenters. The first kappa shape index (κ1) is 25.1. The van der Waals surface area contributed by atoms with E-state index in [1.807, 2.05) is 30.3 Å². The average Bonchev–Trinajstić information content (AvgIpc) is 3.22. The number of rotatable bonds is 11. The lowest BCUT2D eigenvalue weighted by Gasteiger charge is -2.26. The summed E-state index contributed by atoms with van der Waals surface area (Å²) < 4.78 is 18.1. The highest BCUT2D eigenvalue weighted by Gasteiger charge is 2.33. The van der Waals surface area contributed by atoms with Crippen molar-refractivity contribution in [2.75, 3.05) is 59.6 Å². The van der Waals surface area contributed by atoms with Gasteiger partial charge in [-0.2, -0.15) is 0 Å². The molecule has 2 aromatic carbocycles. The predicted molar refractivity (Wildman–Crippen MR) is 143 cm³/mol. The molecule has 2 fully saturated rings. The quantitative estimate of drug-likeness (QED) is 0.333. The van der Waals surface area contributed by atoms with Gasteiger partial charge in [-0.15, -0.1) is 0 Å². The minimum absolute atomic E-state index is 0.0100. The number of methoxy groups -OCH3 is 1. The van der Waals surface area contributed by atoms with Crippen molar-refractivity contribution in [2.45, 2.75) is 51.4 Å². The summed E-state index contributed by atoms with van der Waals surface area (Å²) in [5, 5.41) is 0. The molecular weight excluding hydrogens is 452 g/mol. The largest absolute Gasteiger partial charge is 0.496 e. The lowest BCUT2D eigenvalue weighted by Crippen LogP contribution is -2.31. The van der Waals surface area contributed by atoms with Gasteiger partial charge in [0.25, 0.3) is 0 Å². The van der Waals surface area contributed by atoms with Gasteiger partial charge in [0, 0.05) is 41.4 Å². The Bertz CT molecular complexity index is 1040. The van der Waals surface area contributed by atoms with E-state index in [4.69, 9.17) is 14.2 Å². The fourth-order valence-corrected chi connectivity index (χ4v) is 5.83. The molecule has 2 heterocycles. The first-order chi connectivity index (χ1) is 17.7. The Hall–Kier alpha value is -2.57. The SMILES string of the molecule is COc1cc(OCCCN2CCCCC2)cc2c1-c1c(OCCCN3CCCCC3)cccc1C2=O. The van der Waals surface area contributed by atoms with Crippen molar-refractivity contribution in [3.8, 4) is 28.4 Å². The molecule has 194 valence electrons. The minimum atomic E-state index is 0.0100. The molecule has 0 unspecified atom stereocenters. The van der Waals surface area contributed by atoms with Crippen LogP contribution >= 0.6 is 0 Å². The second kappa shape index (κ2) is 12.1. The number of hydrogen-bond acceptors (Lipinski definition) is 6. The van der Waals surface area contributed by atoms with Crippen LogP contribution in [0.1, 0.15) is 67.3 Å². The molecular formula is C30H40N2O4. The van der Waals surface area contributed by atoms with Crippen molar-refractivity contribution in [1.29, 1.82) is 0 Å². The molecule has 0 bridgehead atoms. The van der Waals surface area contributed by atoms with Crippen LogP contribution in [-0.4, -0.2) is 75.2 Å². The molecule has 0 radical (unpaired) electrons. The summed E-state index contributed by atoms with van der Waals surface area (Å²) in [5.41, 5.74) is 2.99. The Morgan fingerprint density at radius 2 is 1.33 bits per heavy atom. The van der Waals surface area contributed by atoms with Gasteiger partial charge in [-0.1, -0.05) is 25.0 Å². The van der Waals surface area contributed by atoms with Crippen LogP contribution in [0.3, 0.4) is 0 Å². The van der Waals surface area contributed by atoms with Gasteiger partial charge in [0.05, 0.1) is 20.3 Å². The van der Waals surface area contributed by atoms with Gasteiger partial charge < -0.3 is 24.0 Å². The molecule has 0 spiro atoms. The summed E-state index contributed by atoms with van der Waals surface area (Å²) in [7, 11) is 1.65. The van der Waals surface area contributed by atoms with Crippen LogP contribution in [0.5, 0.6) is 17.2 Å². The summed E-state index contributed by atoms with van der Waals surface area (Å²) >= 11 is 0. The van der Waals surface area contributed by atoms with Crippen LogP contribution in [0.25, 0.3) is 11.1 Å². The highest BCUT2D eigenvalue weighted by atomic mass is 16.5. The number of piperidine rings is 2. The second-order valence-electron chi connectivity index (χ2n) is 10.3. The maximum Gasteiger partial charge on any atom is 0.194 e. The summed E-state index contributed by atoms with van der Waals surface area (Å²) in [6.45, 7) is 8.17. The smallest absolute Gasteiger partial charge is 0.194 e. The maximum atomic E-state index is 13.4. The molecule has 2 saturated heterocycles. The fraction of sp³-hybridized carbons (Fsp3) is 0.567. The lowest BCUT2D eigenvalue weighted by atomic mass is 10.0. The Labute approximate surface area is 215 Å². The highest BCUT2D eigenvalue weighted by Crippen LogP contribution is 2.48. The van der Waals surface area contributed by atoms with Gasteiger partial charge in [-0.3, -0.25) is 4.79 Å². The number of fused-ring (bicyclic) bond motifs is 3. The molecule has 5 rings (SSSR count). The highest BCUT2D eigenvalue weighted by molar-refractivity contribution is 6.23. The summed E-state index contributed by atoms with van der Waals surface area (Å²) in [6, 6.07) is 9.55. The van der Waals surface area contributed by atoms with Crippen molar-refractivity contribution in [1.82, 2.24) is 9.80 Å². The van der Waals surface area contributed by atoms with Crippen LogP contribution in [0.15, 0.2) is 30.3 Å². The summed E-state index contributed by atoms with van der Waals surface area (Å²) in [4.78, 5) is 18.4. The third-order valence-corrected chi connectivity index (χ3v) is 7.72. The Morgan fingerprint density at radius 1 is 0.722 bits per heavy atom. The van der Waals surface area contributed by atoms with E-state index in [2.05, 4.69) is 9.80 Å². The van der Waals surface area contributed by atoms with Crippen molar-refractivity contribution in [3.05, 3.63) is 41.5 Å². The summed E-state index contributed by atoms with van der Waals surface area (Å²) in [6.07, 6.45) is 9.86. The van der Waals surface area contributed by atoms with Gasteiger partial charge in [0.1, 0.15) is 17.2 Å². The van der Waals surface area contributed by atoms with Crippen LogP contribution in [0, 0.1) is 0 Å². The molecule has 36 heavy (non-hydrogen) atoms. The first-order valence-corrected chi connectivity index (χ1v) is 13.8. The van der Waals surface area contributed by atoms with E-state index in [0.29, 0.717) is 35.8 Å². The molecule has 0 N–H and O–H groups in total. The van der Waals surface area contributed by atoms with Crippen LogP contribution in [0.2, 0.25) is 0 Å². The van der Waals surface area contributed by atoms with Crippen LogP contribution < -0.4 is 14.2 Å². The molecule has 0 amide bonds. The van der Waals surface area contributed by atoms with E-state index in [1.54, 1.807) is 7.11 Å². The third kappa shape index (κ3) is 5.70. The van der Waals surface area contributed by atoms with Crippen molar-refractivity contribution < 1.29 is 19.0 Å². The number of hydrogen-bond donors (Lipinski definition) is 0. The van der Waals surface area contributed by atoms with E-state index in [-0.39, 0.29) is 5.78 Å². The number of likely N-dealkylation sites (tertiary alicyclic amines) is 2. The average molecular weight is 493 g/mol. The molecule has 1 aliphatic carbocycles. The standard InChI is InChI=1S/C30H40N2O4/c1-34-27-22-23(35-19-9-17-31-13-4-2-5-14-31)21-25-29(27)28-24(30(25)33)11-8-12-26(28)36-20-10-18-32-15-6-3-7-16-32/h8,11-12,21-22H,2-7,9-10,13-20H2,1H3. The minimum Gasteiger partial charge on any atom is -0.496 e. The molecule has 2 aromatic rings. The number of benzene rings is 2. The normalized spacial score (nSPS) is 18.1. The van der Waals surface area contributed by atoms with E-state index < -0.39 is 0 Å². The zero-order valence-electron chi connectivity index (χ0n) is 21.7. The fourth-order valence-electron chi connectivity index (χ4n) is 5.83. The van der Waals surface area contributed by atoms with Crippen LogP contribution in [0.4, 0.5) is 0 Å². The van der Waals surface area contributed by atoms with Gasteiger partial charge in [0.15, 0.2) is 5.78 Å². The van der Waals surface area contributed by atoms with Gasteiger partial charge in [-0.25, -0.2) is 0 Å². The lowest BCUT2D eigenvalue weighted by molar-refractivity contribution is 0.104.